The second-order valence-corrected chi connectivity index (χ2v) is 6.60. The van der Waals surface area contributed by atoms with Crippen LogP contribution in [0.4, 0.5) is 11.4 Å². The van der Waals surface area contributed by atoms with E-state index in [9.17, 15) is 14.4 Å². The Morgan fingerprint density at radius 3 is 2.41 bits per heavy atom. The maximum absolute atomic E-state index is 12.9. The van der Waals surface area contributed by atoms with Crippen molar-refractivity contribution in [1.29, 1.82) is 0 Å². The molecular formula is C22H17N3O4. The molecule has 0 spiro atoms. The number of aromatic nitrogens is 1. The summed E-state index contributed by atoms with van der Waals surface area (Å²) in [4.78, 5) is 42.4. The molecule has 0 bridgehead atoms. The van der Waals surface area contributed by atoms with E-state index in [0.717, 1.165) is 0 Å². The Kier molecular flexibility index (Phi) is 4.78. The summed E-state index contributed by atoms with van der Waals surface area (Å²) in [5, 5.41) is 11.7. The number of fused-ring (bicyclic) bond motifs is 1. The highest BCUT2D eigenvalue weighted by Crippen LogP contribution is 2.38. The average Bonchev–Trinajstić information content (AvgIpc) is 3.01. The lowest BCUT2D eigenvalue weighted by Crippen LogP contribution is -2.30. The van der Waals surface area contributed by atoms with Gasteiger partial charge in [-0.1, -0.05) is 24.3 Å². The summed E-state index contributed by atoms with van der Waals surface area (Å²) >= 11 is 0. The van der Waals surface area contributed by atoms with Gasteiger partial charge in [-0.05, 0) is 42.5 Å². The van der Waals surface area contributed by atoms with E-state index in [2.05, 4.69) is 10.3 Å². The van der Waals surface area contributed by atoms with Gasteiger partial charge in [0.05, 0.1) is 18.0 Å². The molecular weight excluding hydrogens is 370 g/mol. The van der Waals surface area contributed by atoms with Gasteiger partial charge >= 0.3 is 5.97 Å². The van der Waals surface area contributed by atoms with Crippen LogP contribution in [-0.2, 0) is 4.79 Å². The Morgan fingerprint density at radius 1 is 1.00 bits per heavy atom. The van der Waals surface area contributed by atoms with Crippen molar-refractivity contribution >= 4 is 29.2 Å². The van der Waals surface area contributed by atoms with Crippen LogP contribution in [0.25, 0.3) is 0 Å². The fourth-order valence-electron chi connectivity index (χ4n) is 3.43. The number of carboxylic acid groups (broad SMARTS) is 1. The number of carboxylic acids is 1. The number of aromatic carboxylic acids is 1. The van der Waals surface area contributed by atoms with Crippen molar-refractivity contribution in [3.63, 3.8) is 0 Å². The molecule has 1 aliphatic heterocycles. The number of nitrogens with zero attached hydrogens (tertiary/aromatic N) is 2. The summed E-state index contributed by atoms with van der Waals surface area (Å²) in [6.45, 7) is 0. The molecule has 3 aromatic rings. The van der Waals surface area contributed by atoms with Crippen LogP contribution in [0.2, 0.25) is 0 Å². The Morgan fingerprint density at radius 2 is 1.72 bits per heavy atom. The van der Waals surface area contributed by atoms with Crippen LogP contribution in [0.3, 0.4) is 0 Å². The zero-order valence-corrected chi connectivity index (χ0v) is 15.3. The van der Waals surface area contributed by atoms with Gasteiger partial charge in [0.25, 0.3) is 5.91 Å². The summed E-state index contributed by atoms with van der Waals surface area (Å²) in [6.07, 6.45) is 1.60. The van der Waals surface area contributed by atoms with Crippen molar-refractivity contribution in [3.8, 4) is 0 Å². The van der Waals surface area contributed by atoms with Gasteiger partial charge < -0.3 is 10.4 Å². The smallest absolute Gasteiger partial charge is 0.335 e. The van der Waals surface area contributed by atoms with Crippen LogP contribution in [0, 0.1) is 0 Å². The molecule has 144 valence electrons. The Labute approximate surface area is 166 Å². The molecule has 1 aliphatic rings. The number of para-hydroxylation sites is 1. The van der Waals surface area contributed by atoms with E-state index in [1.54, 1.807) is 17.2 Å². The predicted molar refractivity (Wildman–Crippen MR) is 107 cm³/mol. The van der Waals surface area contributed by atoms with E-state index in [1.807, 2.05) is 36.4 Å². The number of amides is 2. The molecule has 0 saturated carbocycles. The van der Waals surface area contributed by atoms with Crippen LogP contribution >= 0.6 is 0 Å². The molecule has 29 heavy (non-hydrogen) atoms. The van der Waals surface area contributed by atoms with Gasteiger partial charge in [0.2, 0.25) is 5.91 Å². The maximum Gasteiger partial charge on any atom is 0.335 e. The molecule has 0 fully saturated rings. The number of rotatable bonds is 5. The van der Waals surface area contributed by atoms with Crippen LogP contribution in [-0.4, -0.2) is 27.9 Å². The van der Waals surface area contributed by atoms with Gasteiger partial charge in [-0.2, -0.15) is 0 Å². The number of hydrogen-bond donors (Lipinski definition) is 2. The van der Waals surface area contributed by atoms with Crippen molar-refractivity contribution in [2.75, 3.05) is 10.2 Å². The minimum Gasteiger partial charge on any atom is -0.478 e. The molecule has 2 aromatic carbocycles. The van der Waals surface area contributed by atoms with Crippen LogP contribution in [0.5, 0.6) is 0 Å². The first kappa shape index (κ1) is 18.4. The van der Waals surface area contributed by atoms with E-state index >= 15 is 0 Å². The topological polar surface area (TPSA) is 99.6 Å². The number of nitrogens with one attached hydrogen (secondary N) is 1. The molecule has 0 aliphatic carbocycles. The minimum absolute atomic E-state index is 0.0417. The Bertz CT molecular complexity index is 1080. The number of benzene rings is 2. The zero-order valence-electron chi connectivity index (χ0n) is 15.3. The lowest BCUT2D eigenvalue weighted by molar-refractivity contribution is -0.116. The quantitative estimate of drug-likeness (QED) is 0.698. The van der Waals surface area contributed by atoms with E-state index < -0.39 is 12.0 Å². The summed E-state index contributed by atoms with van der Waals surface area (Å²) in [6, 6.07) is 18.2. The van der Waals surface area contributed by atoms with Gasteiger partial charge in [-0.3, -0.25) is 19.5 Å². The average molecular weight is 387 g/mol. The zero-order chi connectivity index (χ0) is 20.4. The molecule has 1 atom stereocenters. The largest absolute Gasteiger partial charge is 0.478 e. The van der Waals surface area contributed by atoms with Gasteiger partial charge in [-0.25, -0.2) is 4.79 Å². The molecule has 1 aromatic heterocycles. The summed E-state index contributed by atoms with van der Waals surface area (Å²) in [5.41, 5.74) is 2.37. The van der Waals surface area contributed by atoms with Crippen LogP contribution in [0.1, 0.15) is 38.9 Å². The SMILES string of the molecule is O=C(CC1c2cccnc2C(=O)N1c1ccccc1)Nc1ccc(C(=O)O)cc1. The normalized spacial score (nSPS) is 15.1. The molecule has 2 heterocycles. The molecule has 1 unspecified atom stereocenters. The fourth-order valence-corrected chi connectivity index (χ4v) is 3.43. The number of pyridine rings is 1. The first-order chi connectivity index (χ1) is 14.0. The minimum atomic E-state index is -1.03. The van der Waals surface area contributed by atoms with E-state index in [-0.39, 0.29) is 23.8 Å². The van der Waals surface area contributed by atoms with Gasteiger partial charge in [0, 0.05) is 23.1 Å². The molecule has 7 nitrogen and oxygen atoms in total. The van der Waals surface area contributed by atoms with Crippen molar-refractivity contribution in [1.82, 2.24) is 4.98 Å². The first-order valence-electron chi connectivity index (χ1n) is 9.01. The van der Waals surface area contributed by atoms with Crippen molar-refractivity contribution in [2.45, 2.75) is 12.5 Å². The number of carbonyl (C=O) groups is 3. The highest BCUT2D eigenvalue weighted by molar-refractivity contribution is 6.10. The Hall–Kier alpha value is -4.00. The van der Waals surface area contributed by atoms with Crippen molar-refractivity contribution < 1.29 is 19.5 Å². The predicted octanol–water partition coefficient (Wildman–Crippen LogP) is 3.51. The van der Waals surface area contributed by atoms with Crippen molar-refractivity contribution in [2.24, 2.45) is 0 Å². The third-order valence-corrected chi connectivity index (χ3v) is 4.76. The van der Waals surface area contributed by atoms with E-state index in [0.29, 0.717) is 22.6 Å². The monoisotopic (exact) mass is 387 g/mol. The highest BCUT2D eigenvalue weighted by Gasteiger charge is 2.39. The molecule has 4 rings (SSSR count). The third kappa shape index (κ3) is 3.58. The van der Waals surface area contributed by atoms with Crippen LogP contribution < -0.4 is 10.2 Å². The lowest BCUT2D eigenvalue weighted by Gasteiger charge is -2.25. The number of anilines is 2. The van der Waals surface area contributed by atoms with Gasteiger partial charge in [0.1, 0.15) is 5.69 Å². The second-order valence-electron chi connectivity index (χ2n) is 6.60. The van der Waals surface area contributed by atoms with Gasteiger partial charge in [0.15, 0.2) is 0 Å². The molecule has 7 heteroatoms. The molecule has 0 saturated heterocycles. The standard InChI is InChI=1S/C22H17N3O4/c26-19(24-15-10-8-14(9-11-15)22(28)29)13-18-17-7-4-12-23-20(17)21(27)25(18)16-5-2-1-3-6-16/h1-12,18H,13H2,(H,24,26)(H,28,29). The Balaban J connectivity index is 1.58. The summed E-state index contributed by atoms with van der Waals surface area (Å²) in [7, 11) is 0. The van der Waals surface area contributed by atoms with Crippen LogP contribution in [0.15, 0.2) is 72.9 Å². The number of carbonyl (C=O) groups excluding carboxylic acids is 2. The number of hydrogen-bond acceptors (Lipinski definition) is 4. The molecule has 2 amide bonds. The summed E-state index contributed by atoms with van der Waals surface area (Å²) in [5.74, 6) is -1.56. The molecule has 2 N–H and O–H groups in total. The maximum atomic E-state index is 12.9. The second kappa shape index (κ2) is 7.55. The highest BCUT2D eigenvalue weighted by atomic mass is 16.4. The first-order valence-corrected chi connectivity index (χ1v) is 9.01. The van der Waals surface area contributed by atoms with Crippen molar-refractivity contribution in [3.05, 3.63) is 89.7 Å². The van der Waals surface area contributed by atoms with Gasteiger partial charge in [-0.15, -0.1) is 0 Å². The molecule has 0 radical (unpaired) electrons. The fraction of sp³-hybridized carbons (Fsp3) is 0.0909. The summed E-state index contributed by atoms with van der Waals surface area (Å²) < 4.78 is 0. The van der Waals surface area contributed by atoms with E-state index in [1.165, 1.54) is 24.3 Å². The third-order valence-electron chi connectivity index (χ3n) is 4.76. The lowest BCUT2D eigenvalue weighted by atomic mass is 10.0. The van der Waals surface area contributed by atoms with E-state index in [4.69, 9.17) is 5.11 Å².